The lowest BCUT2D eigenvalue weighted by atomic mass is 9.80. The number of amides is 2. The van der Waals surface area contributed by atoms with E-state index in [0.717, 1.165) is 67.3 Å². The number of alkyl halides is 3. The fourth-order valence-electron chi connectivity index (χ4n) is 8.03. The van der Waals surface area contributed by atoms with E-state index in [-0.39, 0.29) is 29.7 Å². The van der Waals surface area contributed by atoms with Crippen LogP contribution in [0, 0.1) is 17.7 Å². The van der Waals surface area contributed by atoms with Crippen molar-refractivity contribution in [2.75, 3.05) is 39.3 Å². The first-order valence-corrected chi connectivity index (χ1v) is 16.8. The summed E-state index contributed by atoms with van der Waals surface area (Å²) in [5.41, 5.74) is 0.969. The Balaban J connectivity index is 0.841. The fraction of sp³-hybridized carbons (Fsp3) is 0.571. The van der Waals surface area contributed by atoms with Crippen molar-refractivity contribution >= 4 is 23.0 Å². The molecule has 1 saturated carbocycles. The highest BCUT2D eigenvalue weighted by molar-refractivity contribution is 5.81. The van der Waals surface area contributed by atoms with Gasteiger partial charge in [0.1, 0.15) is 11.4 Å². The average molecular weight is 657 g/mol. The third-order valence-electron chi connectivity index (χ3n) is 10.8. The normalized spacial score (nSPS) is 24.3. The zero-order valence-electron chi connectivity index (χ0n) is 26.3. The van der Waals surface area contributed by atoms with Gasteiger partial charge in [0.25, 0.3) is 0 Å². The largest absolute Gasteiger partial charge is 0.441 e. The first-order chi connectivity index (χ1) is 22.5. The second-order valence-corrected chi connectivity index (χ2v) is 13.9. The molecule has 0 atom stereocenters. The summed E-state index contributed by atoms with van der Waals surface area (Å²) in [4.78, 5) is 32.3. The molecule has 0 N–H and O–H groups in total. The number of carbonyl (C=O) groups excluding carboxylic acids is 2. The van der Waals surface area contributed by atoms with Crippen molar-refractivity contribution in [1.29, 1.82) is 0 Å². The molecule has 252 valence electrons. The number of rotatable bonds is 6. The highest BCUT2D eigenvalue weighted by Gasteiger charge is 2.47. The van der Waals surface area contributed by atoms with Gasteiger partial charge in [-0.1, -0.05) is 17.3 Å². The van der Waals surface area contributed by atoms with E-state index < -0.39 is 17.3 Å². The second-order valence-electron chi connectivity index (χ2n) is 13.9. The van der Waals surface area contributed by atoms with Crippen LogP contribution in [0.2, 0.25) is 0 Å². The molecule has 0 bridgehead atoms. The topological polar surface area (TPSA) is 79.1 Å². The molecular weight excluding hydrogens is 616 g/mol. The molecule has 47 heavy (non-hydrogen) atoms. The van der Waals surface area contributed by atoms with E-state index in [2.05, 4.69) is 10.1 Å². The smallest absolute Gasteiger partial charge is 0.416 e. The Morgan fingerprint density at radius 1 is 0.936 bits per heavy atom. The number of carbonyl (C=O) groups is 2. The van der Waals surface area contributed by atoms with E-state index in [1.807, 2.05) is 9.80 Å². The molecule has 4 heterocycles. The van der Waals surface area contributed by atoms with E-state index in [4.69, 9.17) is 9.26 Å². The number of aromatic nitrogens is 1. The summed E-state index contributed by atoms with van der Waals surface area (Å²) in [5, 5.41) is 5.06. The van der Waals surface area contributed by atoms with E-state index >= 15 is 0 Å². The third kappa shape index (κ3) is 6.84. The van der Waals surface area contributed by atoms with Crippen LogP contribution in [0.25, 0.3) is 11.0 Å². The number of benzene rings is 2. The molecule has 8 nitrogen and oxygen atoms in total. The number of piperidine rings is 2. The van der Waals surface area contributed by atoms with Gasteiger partial charge in [0.15, 0.2) is 5.58 Å². The van der Waals surface area contributed by atoms with Gasteiger partial charge in [-0.25, -0.2) is 9.18 Å². The Bertz CT molecular complexity index is 1590. The third-order valence-corrected chi connectivity index (χ3v) is 10.8. The maximum atomic E-state index is 13.5. The number of nitrogens with zero attached hydrogens (tertiary/aromatic N) is 4. The van der Waals surface area contributed by atoms with Gasteiger partial charge in [0, 0.05) is 75.4 Å². The van der Waals surface area contributed by atoms with Crippen LogP contribution < -0.4 is 0 Å². The Morgan fingerprint density at radius 2 is 1.64 bits per heavy atom. The molecule has 1 spiro atoms. The average Bonchev–Trinajstić information content (AvgIpc) is 3.62. The minimum atomic E-state index is -4.34. The number of hydrogen-bond acceptors (Lipinski definition) is 6. The highest BCUT2D eigenvalue weighted by Crippen LogP contribution is 2.38. The molecule has 3 saturated heterocycles. The van der Waals surface area contributed by atoms with Gasteiger partial charge in [-0.3, -0.25) is 9.69 Å². The maximum absolute atomic E-state index is 13.5. The van der Waals surface area contributed by atoms with Gasteiger partial charge in [0.05, 0.1) is 17.8 Å². The Morgan fingerprint density at radius 3 is 2.32 bits per heavy atom. The quantitative estimate of drug-likeness (QED) is 0.267. The van der Waals surface area contributed by atoms with Crippen molar-refractivity contribution in [3.05, 3.63) is 65.1 Å². The molecular formula is C35H40F4N4O4. The molecule has 1 aromatic heterocycles. The lowest BCUT2D eigenvalue weighted by Crippen LogP contribution is -2.47. The van der Waals surface area contributed by atoms with Gasteiger partial charge in [-0.05, 0) is 74.3 Å². The number of hydrogen-bond donors (Lipinski definition) is 0. The van der Waals surface area contributed by atoms with Crippen molar-refractivity contribution in [3.8, 4) is 0 Å². The molecule has 2 aromatic carbocycles. The zero-order chi connectivity index (χ0) is 32.8. The number of halogens is 4. The molecule has 3 aliphatic heterocycles. The number of likely N-dealkylation sites (tertiary alicyclic amines) is 2. The molecule has 4 fully saturated rings. The molecule has 2 amide bonds. The molecule has 7 rings (SSSR count). The van der Waals surface area contributed by atoms with Crippen molar-refractivity contribution in [1.82, 2.24) is 19.9 Å². The maximum Gasteiger partial charge on any atom is 0.416 e. The monoisotopic (exact) mass is 656 g/mol. The minimum absolute atomic E-state index is 0.00419. The molecule has 1 aliphatic carbocycles. The van der Waals surface area contributed by atoms with E-state index in [9.17, 15) is 27.2 Å². The van der Waals surface area contributed by atoms with E-state index in [1.54, 1.807) is 6.07 Å². The number of ether oxygens (including phenoxy) is 1. The van der Waals surface area contributed by atoms with Crippen LogP contribution in [0.3, 0.4) is 0 Å². The lowest BCUT2D eigenvalue weighted by Gasteiger charge is -2.38. The lowest BCUT2D eigenvalue weighted by molar-refractivity contribution is -0.138. The summed E-state index contributed by atoms with van der Waals surface area (Å²) < 4.78 is 63.5. The highest BCUT2D eigenvalue weighted by atomic mass is 19.4. The molecule has 4 aliphatic rings. The first kappa shape index (κ1) is 31.9. The van der Waals surface area contributed by atoms with Crippen LogP contribution in [0.5, 0.6) is 0 Å². The van der Waals surface area contributed by atoms with Crippen LogP contribution >= 0.6 is 0 Å². The summed E-state index contributed by atoms with van der Waals surface area (Å²) in [6.07, 6.45) is 1.79. The van der Waals surface area contributed by atoms with Gasteiger partial charge >= 0.3 is 12.3 Å². The molecule has 0 unspecified atom stereocenters. The Kier molecular flexibility index (Phi) is 8.65. The van der Waals surface area contributed by atoms with Crippen molar-refractivity contribution in [2.24, 2.45) is 11.8 Å². The SMILES string of the molecule is O=C1OC2(CCN(Cc3ccc(C(F)(F)F)cc3)CC2)CN1CC1CCC(C(=O)N2CCC(c3noc4cc(F)ccc34)CC2)CC1. The van der Waals surface area contributed by atoms with E-state index in [0.29, 0.717) is 70.2 Å². The predicted octanol–water partition coefficient (Wildman–Crippen LogP) is 6.99. The summed E-state index contributed by atoms with van der Waals surface area (Å²) >= 11 is 0. The minimum Gasteiger partial charge on any atom is -0.441 e. The van der Waals surface area contributed by atoms with E-state index in [1.165, 1.54) is 24.3 Å². The first-order valence-electron chi connectivity index (χ1n) is 16.8. The van der Waals surface area contributed by atoms with Gasteiger partial charge in [-0.15, -0.1) is 0 Å². The standard InChI is InChI=1S/C35H40F4N4O4/c36-28-9-10-29-30(19-28)47-40-31(29)25-11-15-42(16-12-25)32(44)26-5-1-24(2-6-26)21-43-22-34(46-33(43)45)13-17-41(18-14-34)20-23-3-7-27(8-4-23)35(37,38)39/h3-4,7-10,19,24-26H,1-2,5-6,11-18,20-22H2. The van der Waals surface area contributed by atoms with Crippen molar-refractivity contribution < 1.29 is 36.4 Å². The van der Waals surface area contributed by atoms with Crippen LogP contribution in [0.15, 0.2) is 47.0 Å². The predicted molar refractivity (Wildman–Crippen MR) is 165 cm³/mol. The van der Waals surface area contributed by atoms with Gasteiger partial charge in [0.2, 0.25) is 5.91 Å². The molecule has 12 heteroatoms. The van der Waals surface area contributed by atoms with Crippen LogP contribution in [-0.4, -0.2) is 76.7 Å². The number of fused-ring (bicyclic) bond motifs is 1. The van der Waals surface area contributed by atoms with Crippen LogP contribution in [0.1, 0.15) is 74.1 Å². The Labute approximate surface area is 271 Å². The summed E-state index contributed by atoms with van der Waals surface area (Å²) in [7, 11) is 0. The van der Waals surface area contributed by atoms with Gasteiger partial charge < -0.3 is 19.1 Å². The fourth-order valence-corrected chi connectivity index (χ4v) is 8.03. The molecule has 0 radical (unpaired) electrons. The van der Waals surface area contributed by atoms with Crippen LogP contribution in [-0.2, 0) is 22.3 Å². The Hall–Kier alpha value is -3.67. The van der Waals surface area contributed by atoms with Gasteiger partial charge in [-0.2, -0.15) is 13.2 Å². The zero-order valence-corrected chi connectivity index (χ0v) is 26.3. The second kappa shape index (κ2) is 12.7. The van der Waals surface area contributed by atoms with Crippen LogP contribution in [0.4, 0.5) is 22.4 Å². The van der Waals surface area contributed by atoms with Crippen molar-refractivity contribution in [2.45, 2.75) is 75.6 Å². The molecule has 3 aromatic rings. The summed E-state index contributed by atoms with van der Waals surface area (Å²) in [6.45, 7) is 4.52. The summed E-state index contributed by atoms with van der Waals surface area (Å²) in [6, 6.07) is 9.79. The van der Waals surface area contributed by atoms with Crippen molar-refractivity contribution in [3.63, 3.8) is 0 Å². The summed E-state index contributed by atoms with van der Waals surface area (Å²) in [5.74, 6) is 0.380.